The third-order valence-electron chi connectivity index (χ3n) is 3.20. The van der Waals surface area contributed by atoms with Crippen LogP contribution in [0.2, 0.25) is 0 Å². The molecule has 0 spiro atoms. The van der Waals surface area contributed by atoms with Crippen molar-refractivity contribution >= 4 is 5.97 Å². The molecule has 1 atom stereocenters. The van der Waals surface area contributed by atoms with Gasteiger partial charge in [0.2, 0.25) is 0 Å². The molecule has 100 valence electrons. The van der Waals surface area contributed by atoms with E-state index in [-0.39, 0.29) is 12.4 Å². The summed E-state index contributed by atoms with van der Waals surface area (Å²) >= 11 is 0. The summed E-state index contributed by atoms with van der Waals surface area (Å²) in [7, 11) is 0. The van der Waals surface area contributed by atoms with E-state index in [1.807, 2.05) is 0 Å². The SMILES string of the molecule is O=C(O)C1CCCCN1Cc1nccn1C(F)F. The Morgan fingerprint density at radius 3 is 3.00 bits per heavy atom. The van der Waals surface area contributed by atoms with Crippen LogP contribution in [-0.2, 0) is 11.3 Å². The van der Waals surface area contributed by atoms with E-state index >= 15 is 0 Å². The number of likely N-dealkylation sites (tertiary alicyclic amines) is 1. The van der Waals surface area contributed by atoms with E-state index in [0.717, 1.165) is 17.4 Å². The van der Waals surface area contributed by atoms with Crippen LogP contribution in [0.3, 0.4) is 0 Å². The second kappa shape index (κ2) is 5.43. The molecular weight excluding hydrogens is 244 g/mol. The van der Waals surface area contributed by atoms with Gasteiger partial charge in [0, 0.05) is 12.4 Å². The lowest BCUT2D eigenvalue weighted by Crippen LogP contribution is -2.44. The third-order valence-corrected chi connectivity index (χ3v) is 3.20. The molecule has 2 heterocycles. The van der Waals surface area contributed by atoms with Crippen LogP contribution in [0.4, 0.5) is 8.78 Å². The number of nitrogens with zero attached hydrogens (tertiary/aromatic N) is 3. The number of piperidine rings is 1. The maximum Gasteiger partial charge on any atom is 0.320 e. The molecular formula is C11H15F2N3O2. The van der Waals surface area contributed by atoms with Crippen molar-refractivity contribution in [3.05, 3.63) is 18.2 Å². The molecule has 0 radical (unpaired) electrons. The number of halogens is 2. The Morgan fingerprint density at radius 2 is 2.33 bits per heavy atom. The molecule has 0 aromatic carbocycles. The Bertz CT molecular complexity index is 422. The highest BCUT2D eigenvalue weighted by atomic mass is 19.3. The van der Waals surface area contributed by atoms with Crippen molar-refractivity contribution in [2.75, 3.05) is 6.54 Å². The fourth-order valence-electron chi connectivity index (χ4n) is 2.29. The van der Waals surface area contributed by atoms with Crippen molar-refractivity contribution in [2.24, 2.45) is 0 Å². The van der Waals surface area contributed by atoms with Crippen LogP contribution >= 0.6 is 0 Å². The van der Waals surface area contributed by atoms with E-state index in [2.05, 4.69) is 4.98 Å². The maximum atomic E-state index is 12.7. The number of alkyl halides is 2. The normalized spacial score (nSPS) is 21.4. The molecule has 1 fully saturated rings. The van der Waals surface area contributed by atoms with E-state index in [9.17, 15) is 13.6 Å². The van der Waals surface area contributed by atoms with E-state index in [0.29, 0.717) is 13.0 Å². The van der Waals surface area contributed by atoms with Gasteiger partial charge in [0.25, 0.3) is 0 Å². The minimum atomic E-state index is -2.64. The number of carboxylic acid groups (broad SMARTS) is 1. The molecule has 2 rings (SSSR count). The molecule has 0 bridgehead atoms. The van der Waals surface area contributed by atoms with Crippen molar-refractivity contribution in [1.82, 2.24) is 14.5 Å². The van der Waals surface area contributed by atoms with Gasteiger partial charge in [-0.2, -0.15) is 8.78 Å². The lowest BCUT2D eigenvalue weighted by Gasteiger charge is -2.32. The quantitative estimate of drug-likeness (QED) is 0.894. The number of hydrogen-bond acceptors (Lipinski definition) is 3. The maximum absolute atomic E-state index is 12.7. The standard InChI is InChI=1S/C11H15F2N3O2/c12-11(13)16-6-4-14-9(16)7-15-5-2-1-3-8(15)10(17)18/h4,6,8,11H,1-3,5,7H2,(H,17,18). The van der Waals surface area contributed by atoms with Crippen molar-refractivity contribution < 1.29 is 18.7 Å². The first-order chi connectivity index (χ1) is 8.59. The van der Waals surface area contributed by atoms with Gasteiger partial charge in [0.05, 0.1) is 6.54 Å². The van der Waals surface area contributed by atoms with Crippen molar-refractivity contribution in [1.29, 1.82) is 0 Å². The van der Waals surface area contributed by atoms with E-state index < -0.39 is 18.6 Å². The number of carbonyl (C=O) groups is 1. The van der Waals surface area contributed by atoms with Gasteiger partial charge < -0.3 is 5.11 Å². The number of imidazole rings is 1. The molecule has 5 nitrogen and oxygen atoms in total. The highest BCUT2D eigenvalue weighted by molar-refractivity contribution is 5.73. The van der Waals surface area contributed by atoms with Gasteiger partial charge in [-0.25, -0.2) is 4.98 Å². The molecule has 7 heteroatoms. The summed E-state index contributed by atoms with van der Waals surface area (Å²) in [5, 5.41) is 9.10. The molecule has 1 aromatic heterocycles. The largest absolute Gasteiger partial charge is 0.480 e. The first kappa shape index (κ1) is 12.9. The molecule has 1 aromatic rings. The molecule has 1 aliphatic rings. The van der Waals surface area contributed by atoms with Crippen LogP contribution in [0, 0.1) is 0 Å². The molecule has 1 unspecified atom stereocenters. The highest BCUT2D eigenvalue weighted by Crippen LogP contribution is 2.21. The number of aromatic nitrogens is 2. The van der Waals surface area contributed by atoms with Crippen LogP contribution in [-0.4, -0.2) is 38.1 Å². The Morgan fingerprint density at radius 1 is 1.56 bits per heavy atom. The van der Waals surface area contributed by atoms with E-state index in [4.69, 9.17) is 5.11 Å². The summed E-state index contributed by atoms with van der Waals surface area (Å²) in [6.07, 6.45) is 4.82. The van der Waals surface area contributed by atoms with Gasteiger partial charge in [-0.1, -0.05) is 6.42 Å². The van der Waals surface area contributed by atoms with Gasteiger partial charge in [-0.15, -0.1) is 0 Å². The van der Waals surface area contributed by atoms with Crippen LogP contribution in [0.15, 0.2) is 12.4 Å². The second-order valence-corrected chi connectivity index (χ2v) is 4.35. The number of aliphatic carboxylic acids is 1. The first-order valence-corrected chi connectivity index (χ1v) is 5.86. The molecule has 1 saturated heterocycles. The highest BCUT2D eigenvalue weighted by Gasteiger charge is 2.29. The van der Waals surface area contributed by atoms with Crippen LogP contribution in [0.25, 0.3) is 0 Å². The van der Waals surface area contributed by atoms with Gasteiger partial charge in [0.15, 0.2) is 0 Å². The summed E-state index contributed by atoms with van der Waals surface area (Å²) in [5.41, 5.74) is 0. The predicted octanol–water partition coefficient (Wildman–Crippen LogP) is 1.72. The molecule has 0 aliphatic carbocycles. The second-order valence-electron chi connectivity index (χ2n) is 4.35. The first-order valence-electron chi connectivity index (χ1n) is 5.86. The molecule has 18 heavy (non-hydrogen) atoms. The Kier molecular flexibility index (Phi) is 3.90. The zero-order valence-electron chi connectivity index (χ0n) is 9.80. The number of carboxylic acids is 1. The monoisotopic (exact) mass is 259 g/mol. The van der Waals surface area contributed by atoms with E-state index in [1.54, 1.807) is 4.90 Å². The lowest BCUT2D eigenvalue weighted by molar-refractivity contribution is -0.144. The summed E-state index contributed by atoms with van der Waals surface area (Å²) in [6.45, 7) is -1.89. The van der Waals surface area contributed by atoms with Crippen LogP contribution < -0.4 is 0 Å². The van der Waals surface area contributed by atoms with Crippen molar-refractivity contribution in [2.45, 2.75) is 38.4 Å². The van der Waals surface area contributed by atoms with Crippen LogP contribution in [0.5, 0.6) is 0 Å². The molecule has 1 N–H and O–H groups in total. The Balaban J connectivity index is 2.11. The topological polar surface area (TPSA) is 58.4 Å². The summed E-state index contributed by atoms with van der Waals surface area (Å²) in [4.78, 5) is 16.7. The lowest BCUT2D eigenvalue weighted by atomic mass is 10.0. The fourth-order valence-corrected chi connectivity index (χ4v) is 2.29. The van der Waals surface area contributed by atoms with E-state index in [1.165, 1.54) is 12.4 Å². The summed E-state index contributed by atoms with van der Waals surface area (Å²) in [6, 6.07) is -0.596. The van der Waals surface area contributed by atoms with Gasteiger partial charge in [0.1, 0.15) is 11.9 Å². The molecule has 1 aliphatic heterocycles. The summed E-state index contributed by atoms with van der Waals surface area (Å²) < 4.78 is 26.1. The number of rotatable bonds is 4. The Hall–Kier alpha value is -1.50. The minimum Gasteiger partial charge on any atom is -0.480 e. The average Bonchev–Trinajstić information content (AvgIpc) is 2.77. The third kappa shape index (κ3) is 2.66. The number of hydrogen-bond donors (Lipinski definition) is 1. The fraction of sp³-hybridized carbons (Fsp3) is 0.636. The van der Waals surface area contributed by atoms with Gasteiger partial charge in [-0.05, 0) is 19.4 Å². The zero-order valence-corrected chi connectivity index (χ0v) is 9.80. The predicted molar refractivity (Wildman–Crippen MR) is 59.2 cm³/mol. The zero-order chi connectivity index (χ0) is 13.1. The average molecular weight is 259 g/mol. The molecule has 0 amide bonds. The van der Waals surface area contributed by atoms with Crippen molar-refractivity contribution in [3.8, 4) is 0 Å². The minimum absolute atomic E-state index is 0.147. The Labute approximate surface area is 103 Å². The van der Waals surface area contributed by atoms with Gasteiger partial charge >= 0.3 is 12.5 Å². The summed E-state index contributed by atoms with van der Waals surface area (Å²) in [5.74, 6) is -0.692. The smallest absolute Gasteiger partial charge is 0.320 e. The van der Waals surface area contributed by atoms with Crippen molar-refractivity contribution in [3.63, 3.8) is 0 Å². The van der Waals surface area contributed by atoms with Gasteiger partial charge in [-0.3, -0.25) is 14.3 Å². The molecule has 0 saturated carbocycles. The van der Waals surface area contributed by atoms with Crippen LogP contribution in [0.1, 0.15) is 31.6 Å².